The summed E-state index contributed by atoms with van der Waals surface area (Å²) in [4.78, 5) is 2.45. The zero-order chi connectivity index (χ0) is 14.7. The van der Waals surface area contributed by atoms with E-state index in [0.29, 0.717) is 6.04 Å². The molecule has 3 rings (SSSR count). The van der Waals surface area contributed by atoms with Crippen LogP contribution in [0.2, 0.25) is 0 Å². The van der Waals surface area contributed by atoms with Crippen molar-refractivity contribution in [2.24, 2.45) is 0 Å². The smallest absolute Gasteiger partial charge is 0.123 e. The summed E-state index contributed by atoms with van der Waals surface area (Å²) >= 11 is 0. The second-order valence-corrected chi connectivity index (χ2v) is 6.19. The van der Waals surface area contributed by atoms with Crippen molar-refractivity contribution in [2.75, 3.05) is 19.8 Å². The summed E-state index contributed by atoms with van der Waals surface area (Å²) in [6.07, 6.45) is 4.36. The van der Waals surface area contributed by atoms with Gasteiger partial charge in [0.25, 0.3) is 0 Å². The van der Waals surface area contributed by atoms with Gasteiger partial charge in [0.05, 0.1) is 6.10 Å². The highest BCUT2D eigenvalue weighted by Crippen LogP contribution is 2.27. The highest BCUT2D eigenvalue weighted by Gasteiger charge is 2.35. The molecule has 2 saturated heterocycles. The molecular weight excluding hydrogens is 269 g/mol. The molecule has 0 spiro atoms. The zero-order valence-corrected chi connectivity index (χ0v) is 12.4. The van der Waals surface area contributed by atoms with Gasteiger partial charge < -0.3 is 9.84 Å². The minimum absolute atomic E-state index is 0.101. The SMILES string of the molecule is O[C@H]1CCCN(C2CCOCC2)[C@H]1Cc1cccc(F)c1. The molecule has 0 amide bonds. The van der Waals surface area contributed by atoms with Crippen molar-refractivity contribution in [2.45, 2.75) is 50.3 Å². The van der Waals surface area contributed by atoms with Crippen LogP contribution < -0.4 is 0 Å². The number of ether oxygens (including phenoxy) is 1. The van der Waals surface area contributed by atoms with E-state index in [1.165, 1.54) is 6.07 Å². The molecule has 0 saturated carbocycles. The van der Waals surface area contributed by atoms with Crippen molar-refractivity contribution in [3.63, 3.8) is 0 Å². The summed E-state index contributed by atoms with van der Waals surface area (Å²) < 4.78 is 18.8. The van der Waals surface area contributed by atoms with Gasteiger partial charge in [-0.05, 0) is 56.3 Å². The van der Waals surface area contributed by atoms with Crippen LogP contribution in [0.15, 0.2) is 24.3 Å². The lowest BCUT2D eigenvalue weighted by molar-refractivity contribution is -0.0437. The molecule has 0 radical (unpaired) electrons. The van der Waals surface area contributed by atoms with E-state index < -0.39 is 0 Å². The summed E-state index contributed by atoms with van der Waals surface area (Å²) in [5.41, 5.74) is 0.970. The predicted octanol–water partition coefficient (Wildman–Crippen LogP) is 2.37. The summed E-state index contributed by atoms with van der Waals surface area (Å²) in [5.74, 6) is -0.199. The first-order chi connectivity index (χ1) is 10.2. The van der Waals surface area contributed by atoms with E-state index in [1.807, 2.05) is 6.07 Å². The van der Waals surface area contributed by atoms with Crippen molar-refractivity contribution in [3.05, 3.63) is 35.6 Å². The molecule has 0 unspecified atom stereocenters. The van der Waals surface area contributed by atoms with Crippen LogP contribution in [0.3, 0.4) is 0 Å². The van der Waals surface area contributed by atoms with Crippen LogP contribution in [0, 0.1) is 5.82 Å². The van der Waals surface area contributed by atoms with E-state index in [0.717, 1.165) is 57.4 Å². The predicted molar refractivity (Wildman–Crippen MR) is 79.7 cm³/mol. The number of rotatable bonds is 3. The van der Waals surface area contributed by atoms with Gasteiger partial charge in [-0.25, -0.2) is 4.39 Å². The van der Waals surface area contributed by atoms with Crippen molar-refractivity contribution >= 4 is 0 Å². The lowest BCUT2D eigenvalue weighted by atomic mass is 9.90. The van der Waals surface area contributed by atoms with E-state index in [2.05, 4.69) is 4.90 Å². The quantitative estimate of drug-likeness (QED) is 0.929. The standard InChI is InChI=1S/C17H24FNO2/c18-14-4-1-3-13(11-14)12-16-17(20)5-2-8-19(16)15-6-9-21-10-7-15/h1,3-4,11,15-17,20H,2,5-10,12H2/t16-,17-/m0/s1. The first-order valence-corrected chi connectivity index (χ1v) is 8.00. The van der Waals surface area contributed by atoms with Crippen molar-refractivity contribution in [3.8, 4) is 0 Å². The lowest BCUT2D eigenvalue weighted by Gasteiger charge is -2.45. The van der Waals surface area contributed by atoms with Gasteiger partial charge in [-0.1, -0.05) is 12.1 Å². The average Bonchev–Trinajstić information content (AvgIpc) is 2.50. The Kier molecular flexibility index (Phi) is 4.88. The fourth-order valence-electron chi connectivity index (χ4n) is 3.69. The zero-order valence-electron chi connectivity index (χ0n) is 12.4. The molecule has 4 heteroatoms. The number of aliphatic hydroxyl groups excluding tert-OH is 1. The first-order valence-electron chi connectivity index (χ1n) is 8.00. The molecule has 0 aromatic heterocycles. The number of hydrogen-bond donors (Lipinski definition) is 1. The first kappa shape index (κ1) is 14.9. The van der Waals surface area contributed by atoms with E-state index in [1.54, 1.807) is 12.1 Å². The van der Waals surface area contributed by atoms with E-state index in [-0.39, 0.29) is 18.0 Å². The maximum absolute atomic E-state index is 13.4. The van der Waals surface area contributed by atoms with Crippen LogP contribution in [0.4, 0.5) is 4.39 Å². The Morgan fingerprint density at radius 1 is 1.24 bits per heavy atom. The van der Waals surface area contributed by atoms with E-state index in [4.69, 9.17) is 4.74 Å². The van der Waals surface area contributed by atoms with Gasteiger partial charge in [-0.3, -0.25) is 4.90 Å². The third-order valence-corrected chi connectivity index (χ3v) is 4.78. The monoisotopic (exact) mass is 293 g/mol. The molecule has 1 aromatic carbocycles. The van der Waals surface area contributed by atoms with Gasteiger partial charge in [0.2, 0.25) is 0 Å². The van der Waals surface area contributed by atoms with Crippen molar-refractivity contribution in [1.82, 2.24) is 4.90 Å². The molecule has 3 nitrogen and oxygen atoms in total. The second kappa shape index (κ2) is 6.86. The molecule has 2 aliphatic rings. The third kappa shape index (κ3) is 3.62. The molecule has 1 N–H and O–H groups in total. The highest BCUT2D eigenvalue weighted by atomic mass is 19.1. The summed E-state index contributed by atoms with van der Waals surface area (Å²) in [5, 5.41) is 10.4. The Bertz CT molecular complexity index is 462. The van der Waals surface area contributed by atoms with Gasteiger partial charge in [-0.15, -0.1) is 0 Å². The minimum atomic E-state index is -0.315. The number of likely N-dealkylation sites (tertiary alicyclic amines) is 1. The van der Waals surface area contributed by atoms with Crippen LogP contribution in [0.5, 0.6) is 0 Å². The molecule has 0 aliphatic carbocycles. The molecule has 2 aliphatic heterocycles. The van der Waals surface area contributed by atoms with Gasteiger partial charge in [-0.2, -0.15) is 0 Å². The molecule has 2 fully saturated rings. The second-order valence-electron chi connectivity index (χ2n) is 6.19. The van der Waals surface area contributed by atoms with Gasteiger partial charge in [0.15, 0.2) is 0 Å². The molecule has 2 heterocycles. The number of piperidine rings is 1. The largest absolute Gasteiger partial charge is 0.391 e. The summed E-state index contributed by atoms with van der Waals surface area (Å²) in [7, 11) is 0. The molecule has 116 valence electrons. The number of halogens is 1. The van der Waals surface area contributed by atoms with E-state index >= 15 is 0 Å². The number of nitrogens with zero attached hydrogens (tertiary/aromatic N) is 1. The van der Waals surface area contributed by atoms with Gasteiger partial charge in [0, 0.05) is 25.3 Å². The topological polar surface area (TPSA) is 32.7 Å². The average molecular weight is 293 g/mol. The van der Waals surface area contributed by atoms with Crippen LogP contribution in [-0.2, 0) is 11.2 Å². The summed E-state index contributed by atoms with van der Waals surface area (Å²) in [6, 6.07) is 7.35. The van der Waals surface area contributed by atoms with Gasteiger partial charge >= 0.3 is 0 Å². The molecular formula is C17H24FNO2. The Hall–Kier alpha value is -0.970. The molecule has 0 bridgehead atoms. The Morgan fingerprint density at radius 2 is 2.05 bits per heavy atom. The Balaban J connectivity index is 1.74. The number of aliphatic hydroxyl groups is 1. The third-order valence-electron chi connectivity index (χ3n) is 4.78. The maximum Gasteiger partial charge on any atom is 0.123 e. The fraction of sp³-hybridized carbons (Fsp3) is 0.647. The lowest BCUT2D eigenvalue weighted by Crippen LogP contribution is -2.55. The van der Waals surface area contributed by atoms with Gasteiger partial charge in [0.1, 0.15) is 5.82 Å². The number of benzene rings is 1. The summed E-state index contributed by atoms with van der Waals surface area (Å²) in [6.45, 7) is 2.65. The molecule has 1 aromatic rings. The van der Waals surface area contributed by atoms with Crippen molar-refractivity contribution < 1.29 is 14.2 Å². The van der Waals surface area contributed by atoms with E-state index in [9.17, 15) is 9.50 Å². The van der Waals surface area contributed by atoms with Crippen LogP contribution in [0.1, 0.15) is 31.2 Å². The Labute approximate surface area is 125 Å². The molecule has 2 atom stereocenters. The van der Waals surface area contributed by atoms with Crippen molar-refractivity contribution in [1.29, 1.82) is 0 Å². The minimum Gasteiger partial charge on any atom is -0.391 e. The fourth-order valence-corrected chi connectivity index (χ4v) is 3.69. The normalized spacial score (nSPS) is 28.7. The highest BCUT2D eigenvalue weighted by molar-refractivity contribution is 5.18. The van der Waals surface area contributed by atoms with Crippen LogP contribution in [-0.4, -0.2) is 48.0 Å². The molecule has 21 heavy (non-hydrogen) atoms. The van der Waals surface area contributed by atoms with Crippen LogP contribution in [0.25, 0.3) is 0 Å². The Morgan fingerprint density at radius 3 is 2.81 bits per heavy atom. The number of hydrogen-bond acceptors (Lipinski definition) is 3. The maximum atomic E-state index is 13.4. The van der Waals surface area contributed by atoms with Crippen LogP contribution >= 0.6 is 0 Å².